The molecule has 2 atom stereocenters. The van der Waals surface area contributed by atoms with Gasteiger partial charge in [0, 0.05) is 50.1 Å². The Bertz CT molecular complexity index is 1930. The number of aromatic carboxylic acids is 1. The molecule has 3 aromatic heterocycles. The number of methoxy groups -OCH3 is 1. The van der Waals surface area contributed by atoms with Crippen LogP contribution in [0.1, 0.15) is 38.4 Å². The van der Waals surface area contributed by atoms with Crippen molar-refractivity contribution in [2.24, 2.45) is 0 Å². The lowest BCUT2D eigenvalue weighted by atomic mass is 10.0. The maximum absolute atomic E-state index is 13.6. The zero-order chi connectivity index (χ0) is 31.2. The summed E-state index contributed by atoms with van der Waals surface area (Å²) in [7, 11) is 3.59. The number of hydrogen-bond donors (Lipinski definition) is 2. The zero-order valence-corrected chi connectivity index (χ0v) is 24.6. The Morgan fingerprint density at radius 3 is 2.60 bits per heavy atom. The van der Waals surface area contributed by atoms with Crippen molar-refractivity contribution >= 4 is 34.7 Å². The van der Waals surface area contributed by atoms with Crippen LogP contribution in [-0.4, -0.2) is 69.5 Å². The minimum Gasteiger partial charge on any atom is -0.497 e. The fraction of sp³-hybridized carbons (Fsp3) is 0.242. The van der Waals surface area contributed by atoms with Crippen LogP contribution >= 0.6 is 0 Å². The van der Waals surface area contributed by atoms with E-state index in [4.69, 9.17) is 9.84 Å². The fourth-order valence-corrected chi connectivity index (χ4v) is 5.75. The van der Waals surface area contributed by atoms with E-state index in [2.05, 4.69) is 25.1 Å². The Labute approximate surface area is 257 Å². The first kappa shape index (κ1) is 28.3. The third kappa shape index (κ3) is 5.28. The van der Waals surface area contributed by atoms with E-state index in [1.54, 1.807) is 19.2 Å². The number of carbonyl (C=O) groups is 2. The van der Waals surface area contributed by atoms with E-state index in [9.17, 15) is 19.1 Å². The highest BCUT2D eigenvalue weighted by atomic mass is 19.1. The number of carboxylic acid groups (broad SMARTS) is 1. The number of halogens is 1. The van der Waals surface area contributed by atoms with Crippen LogP contribution in [0.4, 0.5) is 21.6 Å². The number of amides is 1. The molecule has 2 N–H and O–H groups in total. The highest BCUT2D eigenvalue weighted by molar-refractivity contribution is 5.94. The maximum atomic E-state index is 13.6. The summed E-state index contributed by atoms with van der Waals surface area (Å²) in [6, 6.07) is 18.5. The minimum absolute atomic E-state index is 0.126. The van der Waals surface area contributed by atoms with Crippen molar-refractivity contribution in [3.63, 3.8) is 0 Å². The van der Waals surface area contributed by atoms with E-state index in [1.807, 2.05) is 55.6 Å². The Kier molecular flexibility index (Phi) is 7.03. The molecule has 1 amide bonds. The lowest BCUT2D eigenvalue weighted by molar-refractivity contribution is 0.0696. The highest BCUT2D eigenvalue weighted by Crippen LogP contribution is 2.40. The molecule has 45 heavy (non-hydrogen) atoms. The Morgan fingerprint density at radius 1 is 1.11 bits per heavy atom. The van der Waals surface area contributed by atoms with E-state index < -0.39 is 24.1 Å². The van der Waals surface area contributed by atoms with Crippen LogP contribution in [0.5, 0.6) is 5.75 Å². The second-order valence-corrected chi connectivity index (χ2v) is 11.2. The molecule has 5 aromatic rings. The van der Waals surface area contributed by atoms with Crippen molar-refractivity contribution in [1.29, 1.82) is 0 Å². The Morgan fingerprint density at radius 2 is 1.91 bits per heavy atom. The van der Waals surface area contributed by atoms with Gasteiger partial charge in [0.05, 0.1) is 36.3 Å². The number of aromatic nitrogens is 4. The minimum atomic E-state index is -1.03. The van der Waals surface area contributed by atoms with Crippen LogP contribution in [0.3, 0.4) is 0 Å². The summed E-state index contributed by atoms with van der Waals surface area (Å²) in [5.74, 6) is -0.0702. The number of nitrogens with zero attached hydrogens (tertiary/aromatic N) is 6. The van der Waals surface area contributed by atoms with Gasteiger partial charge >= 0.3 is 5.97 Å². The molecule has 0 radical (unpaired) electrons. The van der Waals surface area contributed by atoms with Crippen molar-refractivity contribution in [3.8, 4) is 17.0 Å². The van der Waals surface area contributed by atoms with Gasteiger partial charge in [0.15, 0.2) is 17.2 Å². The summed E-state index contributed by atoms with van der Waals surface area (Å²) in [4.78, 5) is 37.7. The Balaban J connectivity index is 1.28. The predicted octanol–water partition coefficient (Wildman–Crippen LogP) is 4.67. The lowest BCUT2D eigenvalue weighted by Crippen LogP contribution is -2.29. The second kappa shape index (κ2) is 11.2. The van der Waals surface area contributed by atoms with Crippen molar-refractivity contribution in [2.45, 2.75) is 31.6 Å². The number of ether oxygens (including phenoxy) is 1. The normalized spacial score (nSPS) is 16.8. The van der Waals surface area contributed by atoms with E-state index in [0.29, 0.717) is 43.1 Å². The summed E-state index contributed by atoms with van der Waals surface area (Å²) >= 11 is 0. The van der Waals surface area contributed by atoms with Gasteiger partial charge < -0.3 is 25.0 Å². The predicted molar refractivity (Wildman–Crippen MR) is 166 cm³/mol. The number of carboxylic acids is 1. The van der Waals surface area contributed by atoms with Gasteiger partial charge in [0.1, 0.15) is 11.9 Å². The lowest BCUT2D eigenvalue weighted by Gasteiger charge is -2.24. The van der Waals surface area contributed by atoms with Gasteiger partial charge in [-0.15, -0.1) is 5.10 Å². The molecule has 1 aliphatic carbocycles. The Hall–Kier alpha value is -5.52. The molecule has 11 nitrogen and oxygen atoms in total. The topological polar surface area (TPSA) is 125 Å². The van der Waals surface area contributed by atoms with Crippen LogP contribution in [0.25, 0.3) is 16.9 Å². The van der Waals surface area contributed by atoms with Gasteiger partial charge in [-0.2, -0.15) is 0 Å². The number of anilines is 3. The molecule has 1 fully saturated rings. The first-order chi connectivity index (χ1) is 21.8. The summed E-state index contributed by atoms with van der Waals surface area (Å²) < 4.78 is 20.5. The van der Waals surface area contributed by atoms with E-state index >= 15 is 0 Å². The summed E-state index contributed by atoms with van der Waals surface area (Å²) in [5, 5.41) is 16.9. The highest BCUT2D eigenvalue weighted by Gasteiger charge is 2.39. The fourth-order valence-electron chi connectivity index (χ4n) is 5.75. The molecular weight excluding hydrogens is 577 g/mol. The molecule has 0 spiro atoms. The molecule has 0 saturated heterocycles. The van der Waals surface area contributed by atoms with Crippen LogP contribution in [-0.2, 0) is 13.0 Å². The third-order valence-electron chi connectivity index (χ3n) is 8.28. The second-order valence-electron chi connectivity index (χ2n) is 11.2. The van der Waals surface area contributed by atoms with Crippen molar-refractivity contribution in [1.82, 2.24) is 24.9 Å². The average Bonchev–Trinajstić information content (AvgIpc) is 3.40. The molecule has 4 heterocycles. The van der Waals surface area contributed by atoms with E-state index in [1.165, 1.54) is 16.9 Å². The molecule has 7 rings (SSSR count). The number of fused-ring (bicyclic) bond motifs is 2. The van der Waals surface area contributed by atoms with Gasteiger partial charge in [0.25, 0.3) is 5.91 Å². The van der Waals surface area contributed by atoms with Gasteiger partial charge in [0.2, 0.25) is 0 Å². The van der Waals surface area contributed by atoms with E-state index in [-0.39, 0.29) is 11.3 Å². The molecule has 0 unspecified atom stereocenters. The first-order valence-electron chi connectivity index (χ1n) is 14.6. The quantitative estimate of drug-likeness (QED) is 0.246. The average molecular weight is 608 g/mol. The zero-order valence-electron chi connectivity index (χ0n) is 24.6. The van der Waals surface area contributed by atoms with Crippen LogP contribution < -0.4 is 19.9 Å². The van der Waals surface area contributed by atoms with Crippen LogP contribution in [0, 0.1) is 0 Å². The van der Waals surface area contributed by atoms with Crippen molar-refractivity contribution in [2.75, 3.05) is 30.5 Å². The molecule has 2 aliphatic rings. The standard InChI is InChI=1S/C33H30FN7O4/c1-39(18-19-6-9-21(45-2)10-7-19)28-15-30(38-41-29(17-36-31(28)41)32(42)37-26-14-24(26)34)40-13-12-23-22(4-3-5-27(23)40)25-11-8-20(16-35-25)33(43)44/h3-11,15-17,24,26H,12-14,18H2,1-2H3,(H,37,42)(H,43,44)/t24-,26+/m0/s1. The molecular formula is C33H30FN7O4. The third-order valence-corrected chi connectivity index (χ3v) is 8.28. The van der Waals surface area contributed by atoms with Gasteiger partial charge in [-0.3, -0.25) is 9.78 Å². The molecule has 2 aromatic carbocycles. The molecule has 228 valence electrons. The number of rotatable bonds is 9. The summed E-state index contributed by atoms with van der Waals surface area (Å²) in [6.07, 6.45) is 2.82. The number of carbonyl (C=O) groups excluding carboxylic acids is 1. The molecule has 1 saturated carbocycles. The number of imidazole rings is 1. The van der Waals surface area contributed by atoms with Crippen molar-refractivity contribution in [3.05, 3.63) is 95.4 Å². The smallest absolute Gasteiger partial charge is 0.337 e. The molecule has 12 heteroatoms. The van der Waals surface area contributed by atoms with Crippen LogP contribution in [0.15, 0.2) is 73.1 Å². The van der Waals surface area contributed by atoms with Crippen LogP contribution in [0.2, 0.25) is 0 Å². The monoisotopic (exact) mass is 607 g/mol. The van der Waals surface area contributed by atoms with Gasteiger partial charge in [-0.25, -0.2) is 18.7 Å². The molecule has 1 aliphatic heterocycles. The largest absolute Gasteiger partial charge is 0.497 e. The van der Waals surface area contributed by atoms with Gasteiger partial charge in [-0.1, -0.05) is 24.3 Å². The maximum Gasteiger partial charge on any atom is 0.337 e. The molecule has 0 bridgehead atoms. The SMILES string of the molecule is COc1ccc(CN(C)c2cc(N3CCc4c(-c5ccc(C(=O)O)cn5)cccc43)nn3c(C(=O)N[C@@H]4C[C@@H]4F)cnc23)cc1. The number of alkyl halides is 1. The number of nitrogens with one attached hydrogen (secondary N) is 1. The first-order valence-corrected chi connectivity index (χ1v) is 14.6. The van der Waals surface area contributed by atoms with Gasteiger partial charge in [-0.05, 0) is 47.9 Å². The van der Waals surface area contributed by atoms with Crippen molar-refractivity contribution < 1.29 is 23.8 Å². The number of pyridine rings is 1. The number of hydrogen-bond acceptors (Lipinski definition) is 8. The van der Waals surface area contributed by atoms with E-state index in [0.717, 1.165) is 33.8 Å². The number of benzene rings is 2. The summed E-state index contributed by atoms with van der Waals surface area (Å²) in [5.41, 5.74) is 6.27. The summed E-state index contributed by atoms with van der Waals surface area (Å²) in [6.45, 7) is 1.18.